The molecule has 2 N–H and O–H groups in total. The normalized spacial score (nSPS) is 17.8. The molecular formula is C26H30F2N4O4. The highest BCUT2D eigenvalue weighted by Crippen LogP contribution is 2.34. The van der Waals surface area contributed by atoms with Gasteiger partial charge in [-0.25, -0.2) is 0 Å². The Labute approximate surface area is 208 Å². The van der Waals surface area contributed by atoms with Gasteiger partial charge < -0.3 is 20.1 Å². The van der Waals surface area contributed by atoms with E-state index in [2.05, 4.69) is 20.5 Å². The molecule has 192 valence electrons. The number of benzene rings is 2. The number of amides is 2. The number of alkyl halides is 2. The lowest BCUT2D eigenvalue weighted by Crippen LogP contribution is -2.44. The number of nitrogens with zero attached hydrogens (tertiary/aromatic N) is 2. The molecule has 0 bridgehead atoms. The summed E-state index contributed by atoms with van der Waals surface area (Å²) in [5.41, 5.74) is 1.92. The van der Waals surface area contributed by atoms with E-state index in [0.29, 0.717) is 42.4 Å². The lowest BCUT2D eigenvalue weighted by Gasteiger charge is -2.32. The SMILES string of the molecule is CC(=O)Nc1ccc(NC(=O)C2CCCCN2/N=C/c2ccc(OC(F)F)c(OCC3CC3)c2)cc1. The first-order valence-corrected chi connectivity index (χ1v) is 12.1. The van der Waals surface area contributed by atoms with Crippen LogP contribution in [-0.4, -0.2) is 48.8 Å². The third kappa shape index (κ3) is 7.40. The zero-order valence-electron chi connectivity index (χ0n) is 20.1. The summed E-state index contributed by atoms with van der Waals surface area (Å²) >= 11 is 0. The van der Waals surface area contributed by atoms with E-state index in [4.69, 9.17) is 4.74 Å². The van der Waals surface area contributed by atoms with Crippen LogP contribution in [0.4, 0.5) is 20.2 Å². The van der Waals surface area contributed by atoms with Crippen molar-refractivity contribution in [2.75, 3.05) is 23.8 Å². The molecule has 36 heavy (non-hydrogen) atoms. The van der Waals surface area contributed by atoms with Crippen LogP contribution in [0, 0.1) is 5.92 Å². The Kier molecular flexibility index (Phi) is 8.35. The fraction of sp³-hybridized carbons (Fsp3) is 0.423. The van der Waals surface area contributed by atoms with E-state index in [1.165, 1.54) is 13.0 Å². The van der Waals surface area contributed by atoms with Crippen molar-refractivity contribution in [2.24, 2.45) is 11.0 Å². The van der Waals surface area contributed by atoms with Crippen molar-refractivity contribution < 1.29 is 27.8 Å². The minimum Gasteiger partial charge on any atom is -0.489 e. The number of anilines is 2. The van der Waals surface area contributed by atoms with E-state index in [9.17, 15) is 18.4 Å². The number of nitrogens with one attached hydrogen (secondary N) is 2. The molecule has 2 aliphatic rings. The molecule has 1 unspecified atom stereocenters. The summed E-state index contributed by atoms with van der Waals surface area (Å²) < 4.78 is 35.9. The summed E-state index contributed by atoms with van der Waals surface area (Å²) in [7, 11) is 0. The molecule has 2 amide bonds. The number of hydrogen-bond acceptors (Lipinski definition) is 6. The molecule has 1 saturated heterocycles. The number of carbonyl (C=O) groups excluding carboxylic acids is 2. The van der Waals surface area contributed by atoms with Crippen molar-refractivity contribution in [2.45, 2.75) is 51.7 Å². The maximum Gasteiger partial charge on any atom is 0.387 e. The summed E-state index contributed by atoms with van der Waals surface area (Å²) in [6.07, 6.45) is 6.22. The number of hydrogen-bond donors (Lipinski definition) is 2. The van der Waals surface area contributed by atoms with Crippen LogP contribution < -0.4 is 20.1 Å². The average molecular weight is 501 g/mol. The van der Waals surface area contributed by atoms with Gasteiger partial charge in [-0.3, -0.25) is 14.6 Å². The van der Waals surface area contributed by atoms with E-state index < -0.39 is 12.7 Å². The fourth-order valence-corrected chi connectivity index (χ4v) is 3.93. The van der Waals surface area contributed by atoms with Crippen LogP contribution in [-0.2, 0) is 9.59 Å². The number of rotatable bonds is 10. The highest BCUT2D eigenvalue weighted by molar-refractivity contribution is 5.95. The Morgan fingerprint density at radius 3 is 2.44 bits per heavy atom. The van der Waals surface area contributed by atoms with Gasteiger partial charge in [0.15, 0.2) is 11.5 Å². The molecular weight excluding hydrogens is 470 g/mol. The maximum atomic E-state index is 13.0. The minimum atomic E-state index is -2.94. The lowest BCUT2D eigenvalue weighted by molar-refractivity contribution is -0.122. The summed E-state index contributed by atoms with van der Waals surface area (Å²) in [4.78, 5) is 24.2. The van der Waals surface area contributed by atoms with Gasteiger partial charge in [-0.05, 0) is 86.1 Å². The molecule has 10 heteroatoms. The summed E-state index contributed by atoms with van der Waals surface area (Å²) in [5.74, 6) is 0.355. The predicted octanol–water partition coefficient (Wildman–Crippen LogP) is 4.86. The smallest absolute Gasteiger partial charge is 0.387 e. The first kappa shape index (κ1) is 25.4. The first-order chi connectivity index (χ1) is 17.4. The topological polar surface area (TPSA) is 92.3 Å². The lowest BCUT2D eigenvalue weighted by atomic mass is 10.0. The Hall–Kier alpha value is -3.69. The Morgan fingerprint density at radius 1 is 1.06 bits per heavy atom. The van der Waals surface area contributed by atoms with Crippen LogP contribution in [0.15, 0.2) is 47.6 Å². The summed E-state index contributed by atoms with van der Waals surface area (Å²) in [6, 6.07) is 11.1. The molecule has 1 aliphatic heterocycles. The molecule has 0 spiro atoms. The standard InChI is InChI=1S/C26H30F2N4O4/c1-17(33)30-20-8-10-21(11-9-20)31-25(34)22-4-2-3-13-32(22)29-15-19-7-12-23(36-26(27)28)24(14-19)35-16-18-5-6-18/h7-12,14-15,18,22,26H,2-6,13,16H2,1H3,(H,30,33)(H,31,34)/b29-15+. The van der Waals surface area contributed by atoms with Gasteiger partial charge >= 0.3 is 6.61 Å². The molecule has 0 aromatic heterocycles. The first-order valence-electron chi connectivity index (χ1n) is 12.1. The number of ether oxygens (including phenoxy) is 2. The highest BCUT2D eigenvalue weighted by Gasteiger charge is 2.28. The summed E-state index contributed by atoms with van der Waals surface area (Å²) in [6.45, 7) is -0.433. The van der Waals surface area contributed by atoms with Gasteiger partial charge in [0, 0.05) is 24.8 Å². The van der Waals surface area contributed by atoms with E-state index in [1.54, 1.807) is 47.6 Å². The molecule has 2 fully saturated rings. The van der Waals surface area contributed by atoms with E-state index >= 15 is 0 Å². The molecule has 1 atom stereocenters. The second-order valence-electron chi connectivity index (χ2n) is 9.01. The van der Waals surface area contributed by atoms with Gasteiger partial charge in [-0.15, -0.1) is 0 Å². The van der Waals surface area contributed by atoms with Crippen molar-refractivity contribution >= 4 is 29.4 Å². The molecule has 4 rings (SSSR count). The molecule has 2 aromatic carbocycles. The third-order valence-electron chi connectivity index (χ3n) is 5.96. The van der Waals surface area contributed by atoms with Crippen molar-refractivity contribution in [1.82, 2.24) is 5.01 Å². The van der Waals surface area contributed by atoms with E-state index in [-0.39, 0.29) is 23.3 Å². The largest absolute Gasteiger partial charge is 0.489 e. The number of carbonyl (C=O) groups is 2. The second-order valence-corrected chi connectivity index (χ2v) is 9.01. The zero-order valence-corrected chi connectivity index (χ0v) is 20.1. The van der Waals surface area contributed by atoms with Crippen LogP contribution in [0.2, 0.25) is 0 Å². The van der Waals surface area contributed by atoms with Gasteiger partial charge in [-0.1, -0.05) is 0 Å². The van der Waals surface area contributed by atoms with Crippen molar-refractivity contribution in [3.05, 3.63) is 48.0 Å². The monoisotopic (exact) mass is 500 g/mol. The van der Waals surface area contributed by atoms with Crippen LogP contribution in [0.25, 0.3) is 0 Å². The Balaban J connectivity index is 1.42. The number of piperidine rings is 1. The van der Waals surface area contributed by atoms with Crippen LogP contribution in [0.1, 0.15) is 44.6 Å². The molecule has 1 saturated carbocycles. The zero-order chi connectivity index (χ0) is 25.5. The molecule has 1 aliphatic carbocycles. The van der Waals surface area contributed by atoms with Gasteiger partial charge in [-0.2, -0.15) is 13.9 Å². The second kappa shape index (κ2) is 11.8. The number of halogens is 2. The quantitative estimate of drug-likeness (QED) is 0.455. The Morgan fingerprint density at radius 2 is 1.78 bits per heavy atom. The van der Waals surface area contributed by atoms with E-state index in [1.807, 2.05) is 0 Å². The average Bonchev–Trinajstić information content (AvgIpc) is 3.68. The van der Waals surface area contributed by atoms with Crippen LogP contribution in [0.5, 0.6) is 11.5 Å². The fourth-order valence-electron chi connectivity index (χ4n) is 3.93. The van der Waals surface area contributed by atoms with Crippen LogP contribution in [0.3, 0.4) is 0 Å². The maximum absolute atomic E-state index is 13.0. The van der Waals surface area contributed by atoms with Crippen molar-refractivity contribution in [1.29, 1.82) is 0 Å². The van der Waals surface area contributed by atoms with E-state index in [0.717, 1.165) is 25.7 Å². The van der Waals surface area contributed by atoms with Gasteiger partial charge in [0.05, 0.1) is 12.8 Å². The molecule has 2 aromatic rings. The predicted molar refractivity (Wildman–Crippen MR) is 133 cm³/mol. The minimum absolute atomic E-state index is 0.0115. The van der Waals surface area contributed by atoms with Gasteiger partial charge in [0.1, 0.15) is 6.04 Å². The van der Waals surface area contributed by atoms with Gasteiger partial charge in [0.25, 0.3) is 0 Å². The Bertz CT molecular complexity index is 1090. The van der Waals surface area contributed by atoms with Crippen molar-refractivity contribution in [3.8, 4) is 11.5 Å². The highest BCUT2D eigenvalue weighted by atomic mass is 19.3. The van der Waals surface area contributed by atoms with Crippen molar-refractivity contribution in [3.63, 3.8) is 0 Å². The van der Waals surface area contributed by atoms with Crippen LogP contribution >= 0.6 is 0 Å². The molecule has 1 heterocycles. The summed E-state index contributed by atoms with van der Waals surface area (Å²) in [5, 5.41) is 11.9. The third-order valence-corrected chi connectivity index (χ3v) is 5.96. The molecule has 0 radical (unpaired) electrons. The molecule has 8 nitrogen and oxygen atoms in total. The van der Waals surface area contributed by atoms with Gasteiger partial charge in [0.2, 0.25) is 11.8 Å². The number of hydrazone groups is 1.